The van der Waals surface area contributed by atoms with Gasteiger partial charge in [0.25, 0.3) is 0 Å². The van der Waals surface area contributed by atoms with Crippen LogP contribution < -0.4 is 11.1 Å². The normalized spacial score (nSPS) is 17.3. The van der Waals surface area contributed by atoms with Crippen molar-refractivity contribution in [2.24, 2.45) is 5.73 Å². The third-order valence-electron chi connectivity index (χ3n) is 7.10. The van der Waals surface area contributed by atoms with Crippen LogP contribution in [0.4, 0.5) is 13.2 Å². The van der Waals surface area contributed by atoms with Crippen LogP contribution in [0.25, 0.3) is 0 Å². The molecule has 2 aromatic carbocycles. The van der Waals surface area contributed by atoms with E-state index in [0.717, 1.165) is 12.5 Å². The first-order valence-corrected chi connectivity index (χ1v) is 14.5. The number of nitrogens with one attached hydrogen (secondary N) is 1. The number of hydrogen-bond donors (Lipinski definition) is 2. The second kappa shape index (κ2) is 12.4. The highest BCUT2D eigenvalue weighted by atomic mass is 32.2. The molecule has 1 saturated heterocycles. The predicted molar refractivity (Wildman–Crippen MR) is 142 cm³/mol. The maximum absolute atomic E-state index is 14.9. The Morgan fingerprint density at radius 3 is 2.21 bits per heavy atom. The van der Waals surface area contributed by atoms with Crippen molar-refractivity contribution in [3.63, 3.8) is 0 Å². The van der Waals surface area contributed by atoms with Crippen LogP contribution in [0.3, 0.4) is 0 Å². The monoisotopic (exact) mass is 560 g/mol. The molecule has 7 nitrogen and oxygen atoms in total. The Balaban J connectivity index is 1.57. The minimum atomic E-state index is -3.43. The minimum absolute atomic E-state index is 0.198. The van der Waals surface area contributed by atoms with Gasteiger partial charge in [-0.3, -0.25) is 9.78 Å². The number of Topliss-reactive ketones (excluding diaryl/α,β-unsaturated/α-hetero) is 1. The number of piperazine rings is 1. The summed E-state index contributed by atoms with van der Waals surface area (Å²) in [7, 11) is -3.43. The molecule has 208 valence electrons. The summed E-state index contributed by atoms with van der Waals surface area (Å²) in [6.07, 6.45) is 3.98. The molecule has 0 aliphatic carbocycles. The Morgan fingerprint density at radius 1 is 1.05 bits per heavy atom. The van der Waals surface area contributed by atoms with Gasteiger partial charge in [-0.05, 0) is 59.4 Å². The van der Waals surface area contributed by atoms with E-state index in [2.05, 4.69) is 10.3 Å². The average Bonchev–Trinajstić information content (AvgIpc) is 2.90. The molecule has 3 N–H and O–H groups in total. The quantitative estimate of drug-likeness (QED) is 0.395. The lowest BCUT2D eigenvalue weighted by atomic mass is 9.82. The second-order valence-electron chi connectivity index (χ2n) is 9.78. The van der Waals surface area contributed by atoms with Crippen LogP contribution in [0.5, 0.6) is 0 Å². The van der Waals surface area contributed by atoms with Gasteiger partial charge in [-0.15, -0.1) is 0 Å². The fraction of sp³-hybridized carbons (Fsp3) is 0.357. The number of halogens is 3. The van der Waals surface area contributed by atoms with E-state index >= 15 is 0 Å². The lowest BCUT2D eigenvalue weighted by Gasteiger charge is -2.34. The van der Waals surface area contributed by atoms with E-state index in [0.29, 0.717) is 42.7 Å². The first kappa shape index (κ1) is 28.9. The van der Waals surface area contributed by atoms with Gasteiger partial charge in [0.1, 0.15) is 17.5 Å². The van der Waals surface area contributed by atoms with Gasteiger partial charge in [-0.2, -0.15) is 4.31 Å². The van der Waals surface area contributed by atoms with Gasteiger partial charge in [-0.1, -0.05) is 24.3 Å². The van der Waals surface area contributed by atoms with Crippen molar-refractivity contribution in [3.05, 3.63) is 101 Å². The third kappa shape index (κ3) is 7.10. The topological polar surface area (TPSA) is 105 Å². The molecular formula is C28H31F3N4O3S. The van der Waals surface area contributed by atoms with Crippen molar-refractivity contribution in [3.8, 4) is 0 Å². The molecular weight excluding hydrogens is 529 g/mol. The molecule has 1 fully saturated rings. The molecule has 4 rings (SSSR count). The fourth-order valence-electron chi connectivity index (χ4n) is 5.11. The molecule has 0 unspecified atom stereocenters. The van der Waals surface area contributed by atoms with Crippen LogP contribution in [0, 0.1) is 17.5 Å². The van der Waals surface area contributed by atoms with Crippen LogP contribution in [0.1, 0.15) is 34.6 Å². The Kier molecular flexibility index (Phi) is 9.16. The number of benzene rings is 2. The zero-order chi connectivity index (χ0) is 28.2. The van der Waals surface area contributed by atoms with Crippen LogP contribution in [-0.2, 0) is 27.7 Å². The van der Waals surface area contributed by atoms with Gasteiger partial charge in [0, 0.05) is 44.2 Å². The van der Waals surface area contributed by atoms with Gasteiger partial charge >= 0.3 is 0 Å². The summed E-state index contributed by atoms with van der Waals surface area (Å²) in [5, 5.41) is 3.17. The number of aromatic nitrogens is 1. The molecule has 0 spiro atoms. The largest absolute Gasteiger partial charge is 0.321 e. The van der Waals surface area contributed by atoms with Gasteiger partial charge in [0.15, 0.2) is 5.78 Å². The summed E-state index contributed by atoms with van der Waals surface area (Å²) in [5.41, 5.74) is 8.26. The first-order chi connectivity index (χ1) is 18.5. The summed E-state index contributed by atoms with van der Waals surface area (Å²) >= 11 is 0. The van der Waals surface area contributed by atoms with E-state index in [1.54, 1.807) is 0 Å². The van der Waals surface area contributed by atoms with E-state index in [-0.39, 0.29) is 24.4 Å². The Hall–Kier alpha value is -3.12. The van der Waals surface area contributed by atoms with Crippen molar-refractivity contribution in [1.29, 1.82) is 0 Å². The van der Waals surface area contributed by atoms with E-state index in [1.807, 2.05) is 0 Å². The molecule has 1 aliphatic heterocycles. The second-order valence-corrected chi connectivity index (χ2v) is 11.7. The standard InChI is InChI=1S/C28H31F3N4O3S/c1-39(37,38)35-13-12-33-16-23(35)10-11-24-20(15-34-17-25(24)31)14-26(36)28(32)27(18-2-6-21(29)7-3-18)19-4-8-22(30)9-5-19/h2-9,15,17,23,27-28,33H,10-14,16,32H2,1H3/t23-,28+/m0/s1. The fourth-order valence-corrected chi connectivity index (χ4v) is 6.25. The van der Waals surface area contributed by atoms with Crippen LogP contribution in [0.15, 0.2) is 60.9 Å². The summed E-state index contributed by atoms with van der Waals surface area (Å²) < 4.78 is 68.0. The van der Waals surface area contributed by atoms with E-state index in [9.17, 15) is 26.4 Å². The summed E-state index contributed by atoms with van der Waals surface area (Å²) in [6, 6.07) is 9.70. The molecule has 39 heavy (non-hydrogen) atoms. The van der Waals surface area contributed by atoms with Crippen molar-refractivity contribution in [2.45, 2.75) is 37.3 Å². The van der Waals surface area contributed by atoms with Crippen molar-refractivity contribution in [2.75, 3.05) is 25.9 Å². The smallest absolute Gasteiger partial charge is 0.211 e. The number of sulfonamides is 1. The molecule has 0 radical (unpaired) electrons. The Bertz CT molecular complexity index is 1360. The van der Waals surface area contributed by atoms with Gasteiger partial charge in [0.2, 0.25) is 10.0 Å². The van der Waals surface area contributed by atoms with E-state index in [1.165, 1.54) is 59.0 Å². The number of nitrogens with two attached hydrogens (primary N) is 1. The highest BCUT2D eigenvalue weighted by Gasteiger charge is 2.31. The number of carbonyl (C=O) groups is 1. The molecule has 0 bridgehead atoms. The molecule has 3 aromatic rings. The lowest BCUT2D eigenvalue weighted by molar-refractivity contribution is -0.119. The molecule has 2 atom stereocenters. The number of hydrogen-bond acceptors (Lipinski definition) is 6. The van der Waals surface area contributed by atoms with Crippen LogP contribution >= 0.6 is 0 Å². The number of carbonyl (C=O) groups excluding carboxylic acids is 1. The van der Waals surface area contributed by atoms with Crippen molar-refractivity contribution < 1.29 is 26.4 Å². The van der Waals surface area contributed by atoms with Gasteiger partial charge < -0.3 is 11.1 Å². The summed E-state index contributed by atoms with van der Waals surface area (Å²) in [6.45, 7) is 1.31. The maximum atomic E-state index is 14.9. The molecule has 0 amide bonds. The number of ketones is 1. The Morgan fingerprint density at radius 2 is 1.64 bits per heavy atom. The molecule has 11 heteroatoms. The molecule has 1 aliphatic rings. The SMILES string of the molecule is CS(=O)(=O)N1CCNC[C@@H]1CCc1c(F)cncc1CC(=O)[C@@H](N)C(c1ccc(F)cc1)c1ccc(F)cc1. The predicted octanol–water partition coefficient (Wildman–Crippen LogP) is 2.94. The molecule has 0 saturated carbocycles. The number of nitrogens with zero attached hydrogens (tertiary/aromatic N) is 2. The summed E-state index contributed by atoms with van der Waals surface area (Å²) in [4.78, 5) is 17.4. The lowest BCUT2D eigenvalue weighted by Crippen LogP contribution is -2.53. The van der Waals surface area contributed by atoms with Crippen LogP contribution in [-0.4, -0.2) is 61.5 Å². The number of pyridine rings is 1. The Labute approximate surface area is 226 Å². The highest BCUT2D eigenvalue weighted by molar-refractivity contribution is 7.88. The summed E-state index contributed by atoms with van der Waals surface area (Å²) in [5.74, 6) is -2.58. The third-order valence-corrected chi connectivity index (χ3v) is 8.43. The van der Waals surface area contributed by atoms with Gasteiger partial charge in [0.05, 0.1) is 18.5 Å². The zero-order valence-corrected chi connectivity index (χ0v) is 22.3. The first-order valence-electron chi connectivity index (χ1n) is 12.6. The van der Waals surface area contributed by atoms with Crippen LogP contribution in [0.2, 0.25) is 0 Å². The van der Waals surface area contributed by atoms with E-state index < -0.39 is 45.2 Å². The van der Waals surface area contributed by atoms with Crippen molar-refractivity contribution >= 4 is 15.8 Å². The van der Waals surface area contributed by atoms with E-state index in [4.69, 9.17) is 5.73 Å². The maximum Gasteiger partial charge on any atom is 0.211 e. The van der Waals surface area contributed by atoms with Gasteiger partial charge in [-0.25, -0.2) is 21.6 Å². The van der Waals surface area contributed by atoms with Crippen molar-refractivity contribution in [1.82, 2.24) is 14.6 Å². The highest BCUT2D eigenvalue weighted by Crippen LogP contribution is 2.29. The minimum Gasteiger partial charge on any atom is -0.321 e. The molecule has 1 aromatic heterocycles. The zero-order valence-electron chi connectivity index (χ0n) is 21.5. The number of rotatable bonds is 10. The molecule has 2 heterocycles. The average molecular weight is 561 g/mol.